The first-order chi connectivity index (χ1) is 15.1. The number of carbonyl (C=O) groups is 2. The normalized spacial score (nSPS) is 11.1. The summed E-state index contributed by atoms with van der Waals surface area (Å²) in [6, 6.07) is 15.5. The lowest BCUT2D eigenvalue weighted by Gasteiger charge is -2.15. The Morgan fingerprint density at radius 3 is 2.25 bits per heavy atom. The highest BCUT2D eigenvalue weighted by Gasteiger charge is 2.23. The average molecular weight is 473 g/mol. The van der Waals surface area contributed by atoms with Crippen LogP contribution in [0.1, 0.15) is 21.5 Å². The fraction of sp³-hybridized carbons (Fsp3) is 0.130. The molecular weight excluding hydrogens is 452 g/mol. The van der Waals surface area contributed by atoms with Crippen molar-refractivity contribution in [2.45, 2.75) is 23.6 Å². The van der Waals surface area contributed by atoms with Gasteiger partial charge >= 0.3 is 5.97 Å². The summed E-state index contributed by atoms with van der Waals surface area (Å²) in [6.45, 7) is 3.34. The monoisotopic (exact) mass is 472 g/mol. The van der Waals surface area contributed by atoms with E-state index < -0.39 is 21.7 Å². The minimum atomic E-state index is -3.81. The summed E-state index contributed by atoms with van der Waals surface area (Å²) in [4.78, 5) is 23.7. The third-order valence-corrected chi connectivity index (χ3v) is 7.25. The number of hydrogen-bond donors (Lipinski definition) is 3. The zero-order valence-electron chi connectivity index (χ0n) is 17.3. The highest BCUT2D eigenvalue weighted by molar-refractivity contribution is 7.91. The maximum absolute atomic E-state index is 13.0. The molecule has 3 aromatic rings. The van der Waals surface area contributed by atoms with Gasteiger partial charge in [0, 0.05) is 5.69 Å². The average Bonchev–Trinajstić information content (AvgIpc) is 2.75. The van der Waals surface area contributed by atoms with Crippen molar-refractivity contribution in [1.29, 1.82) is 0 Å². The minimum absolute atomic E-state index is 0.0223. The van der Waals surface area contributed by atoms with Crippen molar-refractivity contribution in [2.24, 2.45) is 0 Å². The number of para-hydroxylation sites is 1. The molecule has 7 nitrogen and oxygen atoms in total. The Balaban J connectivity index is 1.77. The number of aryl methyl sites for hydroxylation is 1. The van der Waals surface area contributed by atoms with Crippen LogP contribution in [0.4, 0.5) is 11.4 Å². The van der Waals surface area contributed by atoms with Gasteiger partial charge in [0.05, 0.1) is 32.6 Å². The Kier molecular flexibility index (Phi) is 6.86. The molecule has 0 aliphatic rings. The van der Waals surface area contributed by atoms with E-state index in [1.54, 1.807) is 37.3 Å². The number of sulfone groups is 1. The van der Waals surface area contributed by atoms with Crippen LogP contribution in [0, 0.1) is 13.8 Å². The zero-order chi connectivity index (χ0) is 23.5. The molecule has 0 saturated carbocycles. The van der Waals surface area contributed by atoms with Gasteiger partial charge in [0.1, 0.15) is 0 Å². The van der Waals surface area contributed by atoms with Crippen molar-refractivity contribution in [2.75, 3.05) is 17.2 Å². The topological polar surface area (TPSA) is 113 Å². The largest absolute Gasteiger partial charge is 0.478 e. The lowest BCUT2D eigenvalue weighted by Crippen LogP contribution is -2.23. The maximum Gasteiger partial charge on any atom is 0.337 e. The summed E-state index contributed by atoms with van der Waals surface area (Å²) < 4.78 is 25.9. The molecule has 3 rings (SSSR count). The van der Waals surface area contributed by atoms with Crippen LogP contribution in [0.25, 0.3) is 0 Å². The van der Waals surface area contributed by atoms with Gasteiger partial charge < -0.3 is 15.7 Å². The van der Waals surface area contributed by atoms with Gasteiger partial charge in [-0.25, -0.2) is 13.2 Å². The first-order valence-electron chi connectivity index (χ1n) is 9.58. The van der Waals surface area contributed by atoms with E-state index in [0.717, 1.165) is 5.56 Å². The highest BCUT2D eigenvalue weighted by Crippen LogP contribution is 2.33. The number of carbonyl (C=O) groups excluding carboxylic acids is 1. The molecule has 3 aromatic carbocycles. The fourth-order valence-electron chi connectivity index (χ4n) is 3.05. The van der Waals surface area contributed by atoms with Crippen molar-refractivity contribution in [3.8, 4) is 0 Å². The van der Waals surface area contributed by atoms with Crippen LogP contribution in [0.15, 0.2) is 70.5 Å². The number of benzene rings is 3. The Morgan fingerprint density at radius 1 is 0.938 bits per heavy atom. The zero-order valence-corrected chi connectivity index (χ0v) is 18.9. The molecule has 1 amide bonds. The Morgan fingerprint density at radius 2 is 1.59 bits per heavy atom. The van der Waals surface area contributed by atoms with E-state index in [1.165, 1.54) is 30.3 Å². The van der Waals surface area contributed by atoms with Crippen LogP contribution in [-0.4, -0.2) is 31.9 Å². The highest BCUT2D eigenvalue weighted by atomic mass is 35.5. The van der Waals surface area contributed by atoms with Crippen LogP contribution in [0.3, 0.4) is 0 Å². The molecular formula is C23H21ClN2O5S. The first-order valence-corrected chi connectivity index (χ1v) is 11.4. The summed E-state index contributed by atoms with van der Waals surface area (Å²) in [6.07, 6.45) is 0. The van der Waals surface area contributed by atoms with Gasteiger partial charge in [-0.1, -0.05) is 41.4 Å². The fourth-order valence-corrected chi connectivity index (χ4v) is 4.91. The number of amides is 1. The smallest absolute Gasteiger partial charge is 0.337 e. The van der Waals surface area contributed by atoms with Crippen LogP contribution in [0.5, 0.6) is 0 Å². The summed E-state index contributed by atoms with van der Waals surface area (Å²) in [5.74, 6) is -1.62. The van der Waals surface area contributed by atoms with Crippen LogP contribution in [-0.2, 0) is 14.6 Å². The molecule has 0 bridgehead atoms. The first kappa shape index (κ1) is 23.3. The summed E-state index contributed by atoms with van der Waals surface area (Å²) >= 11 is 6.38. The maximum atomic E-state index is 13.0. The molecule has 3 N–H and O–H groups in total. The Bertz CT molecular complexity index is 1290. The standard InChI is InChI=1S/C23H21ClN2O5S/c1-14-7-9-16(10-8-14)32(30,31)20-12-11-18(15(2)22(20)24)25-13-21(27)26-19-6-4-3-5-17(19)23(28)29/h3-12,25H,13H2,1-2H3,(H,26,27)(H,28,29). The third kappa shape index (κ3) is 4.92. The number of hydrogen-bond acceptors (Lipinski definition) is 5. The van der Waals surface area contributed by atoms with E-state index >= 15 is 0 Å². The number of carboxylic acids is 1. The van der Waals surface area contributed by atoms with E-state index in [1.807, 2.05) is 6.92 Å². The predicted octanol–water partition coefficient (Wildman–Crippen LogP) is 4.54. The van der Waals surface area contributed by atoms with Crippen molar-refractivity contribution < 1.29 is 23.1 Å². The third-order valence-electron chi connectivity index (χ3n) is 4.84. The summed E-state index contributed by atoms with van der Waals surface area (Å²) in [5.41, 5.74) is 2.06. The van der Waals surface area contributed by atoms with E-state index in [2.05, 4.69) is 10.6 Å². The molecule has 0 saturated heterocycles. The molecule has 0 radical (unpaired) electrons. The molecule has 0 aliphatic heterocycles. The molecule has 0 aliphatic carbocycles. The van der Waals surface area contributed by atoms with Crippen LogP contribution >= 0.6 is 11.6 Å². The van der Waals surface area contributed by atoms with Crippen molar-refractivity contribution >= 4 is 44.7 Å². The lowest BCUT2D eigenvalue weighted by atomic mass is 10.2. The van der Waals surface area contributed by atoms with Gasteiger partial charge in [0.2, 0.25) is 15.7 Å². The second-order valence-corrected chi connectivity index (χ2v) is 9.42. The lowest BCUT2D eigenvalue weighted by molar-refractivity contribution is -0.114. The number of carboxylic acid groups (broad SMARTS) is 1. The summed E-state index contributed by atoms with van der Waals surface area (Å²) in [5, 5.41) is 14.7. The molecule has 0 unspecified atom stereocenters. The van der Waals surface area contributed by atoms with Crippen LogP contribution in [0.2, 0.25) is 5.02 Å². The van der Waals surface area contributed by atoms with Gasteiger partial charge in [-0.05, 0) is 55.8 Å². The van der Waals surface area contributed by atoms with Gasteiger partial charge in [-0.3, -0.25) is 4.79 Å². The molecule has 166 valence electrons. The second kappa shape index (κ2) is 9.42. The molecule has 0 fully saturated rings. The molecule has 9 heteroatoms. The second-order valence-electron chi connectivity index (χ2n) is 7.12. The SMILES string of the molecule is Cc1ccc(S(=O)(=O)c2ccc(NCC(=O)Nc3ccccc3C(=O)O)c(C)c2Cl)cc1. The number of rotatable bonds is 7. The van der Waals surface area contributed by atoms with Gasteiger partial charge in [0.25, 0.3) is 0 Å². The quantitative estimate of drug-likeness (QED) is 0.465. The van der Waals surface area contributed by atoms with Crippen molar-refractivity contribution in [1.82, 2.24) is 0 Å². The van der Waals surface area contributed by atoms with E-state index in [9.17, 15) is 23.1 Å². The molecule has 0 spiro atoms. The van der Waals surface area contributed by atoms with Crippen molar-refractivity contribution in [3.05, 3.63) is 82.4 Å². The van der Waals surface area contributed by atoms with Gasteiger partial charge in [-0.2, -0.15) is 0 Å². The minimum Gasteiger partial charge on any atom is -0.478 e. The van der Waals surface area contributed by atoms with E-state index in [0.29, 0.717) is 11.3 Å². The number of nitrogens with one attached hydrogen (secondary N) is 2. The van der Waals surface area contributed by atoms with Gasteiger partial charge in [0.15, 0.2) is 0 Å². The van der Waals surface area contributed by atoms with E-state index in [-0.39, 0.29) is 32.6 Å². The molecule has 0 heterocycles. The van der Waals surface area contributed by atoms with Crippen LogP contribution < -0.4 is 10.6 Å². The number of aromatic carboxylic acids is 1. The Hall–Kier alpha value is -3.36. The molecule has 0 aromatic heterocycles. The van der Waals surface area contributed by atoms with E-state index in [4.69, 9.17) is 11.6 Å². The Labute approximate surface area is 191 Å². The predicted molar refractivity (Wildman–Crippen MR) is 123 cm³/mol. The molecule has 0 atom stereocenters. The number of halogens is 1. The summed E-state index contributed by atoms with van der Waals surface area (Å²) in [7, 11) is -3.81. The number of anilines is 2. The molecule has 32 heavy (non-hydrogen) atoms. The van der Waals surface area contributed by atoms with Gasteiger partial charge in [-0.15, -0.1) is 0 Å². The van der Waals surface area contributed by atoms with Crippen molar-refractivity contribution in [3.63, 3.8) is 0 Å².